The number of hydrogen-bond acceptors (Lipinski definition) is 11. The van der Waals surface area contributed by atoms with E-state index in [-0.39, 0.29) is 19.4 Å². The van der Waals surface area contributed by atoms with Gasteiger partial charge in [0.25, 0.3) is 10.1 Å². The van der Waals surface area contributed by atoms with Crippen LogP contribution >= 0.6 is 0 Å². The zero-order valence-electron chi connectivity index (χ0n) is 39.4. The Bertz CT molecular complexity index is 1300. The summed E-state index contributed by atoms with van der Waals surface area (Å²) in [6.07, 6.45) is 37.8. The van der Waals surface area contributed by atoms with Crippen LogP contribution in [-0.4, -0.2) is 96.0 Å². The van der Waals surface area contributed by atoms with Crippen LogP contribution in [-0.2, 0) is 38.7 Å². The number of unbranched alkanes of at least 4 members (excludes halogenated alkanes) is 24. The summed E-state index contributed by atoms with van der Waals surface area (Å²) in [5.41, 5.74) is 0. The van der Waals surface area contributed by atoms with Gasteiger partial charge in [-0.15, -0.1) is 0 Å². The Morgan fingerprint density at radius 1 is 0.556 bits per heavy atom. The Hall–Kier alpha value is -2.13. The molecule has 0 aromatic rings. The molecule has 0 aromatic heterocycles. The predicted molar refractivity (Wildman–Crippen MR) is 252 cm³/mol. The van der Waals surface area contributed by atoms with Gasteiger partial charge in [-0.05, 0) is 44.9 Å². The molecule has 6 atom stereocenters. The number of rotatable bonds is 42. The first-order valence-corrected chi connectivity index (χ1v) is 26.7. The molecule has 0 aromatic carbocycles. The zero-order chi connectivity index (χ0) is 46.2. The first kappa shape index (κ1) is 58.9. The molecule has 368 valence electrons. The van der Waals surface area contributed by atoms with Crippen molar-refractivity contribution in [2.24, 2.45) is 0 Å². The van der Waals surface area contributed by atoms with Crippen molar-refractivity contribution in [3.8, 4) is 0 Å². The summed E-state index contributed by atoms with van der Waals surface area (Å²) in [4.78, 5) is 25.4. The second kappa shape index (κ2) is 40.2. The maximum absolute atomic E-state index is 12.8. The minimum atomic E-state index is -4.61. The third-order valence-electron chi connectivity index (χ3n) is 11.5. The van der Waals surface area contributed by atoms with Crippen LogP contribution in [0.4, 0.5) is 0 Å². The number of hydrogen-bond donors (Lipinski definition) is 4. The van der Waals surface area contributed by atoms with E-state index in [2.05, 4.69) is 50.3 Å². The smallest absolute Gasteiger partial charge is 0.306 e. The largest absolute Gasteiger partial charge is 0.462 e. The van der Waals surface area contributed by atoms with Gasteiger partial charge >= 0.3 is 11.9 Å². The van der Waals surface area contributed by atoms with E-state index in [1.807, 2.05) is 0 Å². The highest BCUT2D eigenvalue weighted by Gasteiger charge is 2.46. The number of ether oxygens (including phenoxy) is 4. The third kappa shape index (κ3) is 34.8. The zero-order valence-corrected chi connectivity index (χ0v) is 40.2. The highest BCUT2D eigenvalue weighted by molar-refractivity contribution is 7.85. The molecule has 0 aliphatic carbocycles. The number of esters is 2. The second-order valence-electron chi connectivity index (χ2n) is 17.5. The Kier molecular flexibility index (Phi) is 37.5. The molecule has 63 heavy (non-hydrogen) atoms. The van der Waals surface area contributed by atoms with Gasteiger partial charge in [0.2, 0.25) is 0 Å². The SMILES string of the molecule is CC/C=C\C/C=C\C/C=C\CCCCCC(=O)OC(COC(=O)CCCCCCCCCCCCCCCCCCCCCCCC)COC1OC(CS(=O)(=O)O)C(O)C(O)C1O. The van der Waals surface area contributed by atoms with Gasteiger partial charge in [-0.2, -0.15) is 8.42 Å². The molecule has 0 radical (unpaired) electrons. The lowest BCUT2D eigenvalue weighted by Gasteiger charge is -2.40. The molecule has 0 amide bonds. The van der Waals surface area contributed by atoms with Crippen LogP contribution in [0.3, 0.4) is 0 Å². The van der Waals surface area contributed by atoms with Crippen LogP contribution in [0, 0.1) is 0 Å². The normalized spacial score (nSPS) is 20.0. The van der Waals surface area contributed by atoms with E-state index in [1.54, 1.807) is 0 Å². The van der Waals surface area contributed by atoms with Crippen molar-refractivity contribution in [3.63, 3.8) is 0 Å². The Labute approximate surface area is 382 Å². The van der Waals surface area contributed by atoms with Gasteiger partial charge in [0.15, 0.2) is 12.4 Å². The summed E-state index contributed by atoms with van der Waals surface area (Å²) in [6.45, 7) is 3.64. The van der Waals surface area contributed by atoms with E-state index in [4.69, 9.17) is 18.9 Å². The molecule has 13 heteroatoms. The first-order chi connectivity index (χ1) is 30.5. The van der Waals surface area contributed by atoms with Crippen LogP contribution < -0.4 is 0 Å². The van der Waals surface area contributed by atoms with Gasteiger partial charge in [-0.25, -0.2) is 0 Å². The molecule has 1 aliphatic heterocycles. The summed E-state index contributed by atoms with van der Waals surface area (Å²) in [5, 5.41) is 30.9. The summed E-state index contributed by atoms with van der Waals surface area (Å²) < 4.78 is 54.1. The summed E-state index contributed by atoms with van der Waals surface area (Å²) in [7, 11) is -4.61. The van der Waals surface area contributed by atoms with E-state index in [0.717, 1.165) is 57.8 Å². The third-order valence-corrected chi connectivity index (χ3v) is 12.2. The molecule has 4 N–H and O–H groups in total. The minimum Gasteiger partial charge on any atom is -0.462 e. The summed E-state index contributed by atoms with van der Waals surface area (Å²) in [6, 6.07) is 0. The topological polar surface area (TPSA) is 186 Å². The highest BCUT2D eigenvalue weighted by atomic mass is 32.2. The number of aliphatic hydroxyl groups is 3. The van der Waals surface area contributed by atoms with E-state index in [1.165, 1.54) is 116 Å². The lowest BCUT2D eigenvalue weighted by molar-refractivity contribution is -0.297. The van der Waals surface area contributed by atoms with Gasteiger partial charge in [-0.3, -0.25) is 14.1 Å². The van der Waals surface area contributed by atoms with Gasteiger partial charge in [-0.1, -0.05) is 192 Å². The van der Waals surface area contributed by atoms with Crippen LogP contribution in [0.5, 0.6) is 0 Å². The average molecular weight is 915 g/mol. The lowest BCUT2D eigenvalue weighted by atomic mass is 10.00. The Balaban J connectivity index is 2.34. The molecule has 0 bridgehead atoms. The Morgan fingerprint density at radius 2 is 1.00 bits per heavy atom. The fourth-order valence-electron chi connectivity index (χ4n) is 7.63. The lowest BCUT2D eigenvalue weighted by Crippen LogP contribution is -2.60. The van der Waals surface area contributed by atoms with Crippen LogP contribution in [0.25, 0.3) is 0 Å². The van der Waals surface area contributed by atoms with Crippen molar-refractivity contribution >= 4 is 22.1 Å². The molecule has 1 fully saturated rings. The maximum atomic E-state index is 12.8. The fraction of sp³-hybridized carbons (Fsp3) is 0.840. The number of carbonyl (C=O) groups is 2. The molecule has 0 saturated carbocycles. The van der Waals surface area contributed by atoms with Crippen molar-refractivity contribution in [1.82, 2.24) is 0 Å². The van der Waals surface area contributed by atoms with Gasteiger partial charge in [0, 0.05) is 12.8 Å². The van der Waals surface area contributed by atoms with Crippen molar-refractivity contribution in [1.29, 1.82) is 0 Å². The molecular weight excluding hydrogens is 825 g/mol. The molecule has 1 rings (SSSR count). The molecule has 1 aliphatic rings. The number of carbonyl (C=O) groups excluding carboxylic acids is 2. The van der Waals surface area contributed by atoms with Crippen LogP contribution in [0.1, 0.15) is 213 Å². The van der Waals surface area contributed by atoms with Crippen molar-refractivity contribution < 1.29 is 56.8 Å². The van der Waals surface area contributed by atoms with E-state index >= 15 is 0 Å². The fourth-order valence-corrected chi connectivity index (χ4v) is 8.32. The predicted octanol–water partition coefficient (Wildman–Crippen LogP) is 11.0. The van der Waals surface area contributed by atoms with Crippen molar-refractivity contribution in [3.05, 3.63) is 36.5 Å². The second-order valence-corrected chi connectivity index (χ2v) is 19.0. The van der Waals surface area contributed by atoms with E-state index in [0.29, 0.717) is 12.8 Å². The monoisotopic (exact) mass is 915 g/mol. The summed E-state index contributed by atoms with van der Waals surface area (Å²) >= 11 is 0. The van der Waals surface area contributed by atoms with Gasteiger partial charge < -0.3 is 34.3 Å². The van der Waals surface area contributed by atoms with Crippen molar-refractivity contribution in [2.75, 3.05) is 19.0 Å². The van der Waals surface area contributed by atoms with Crippen molar-refractivity contribution in [2.45, 2.75) is 250 Å². The molecule has 6 unspecified atom stereocenters. The maximum Gasteiger partial charge on any atom is 0.306 e. The minimum absolute atomic E-state index is 0.131. The number of allylic oxidation sites excluding steroid dienone is 6. The standard InChI is InChI=1S/C50H90O12S/c1-3-5-7-9-11-13-15-17-18-19-20-21-22-23-24-25-27-28-30-32-34-36-38-45(51)59-40-43(41-60-50-49(55)48(54)47(53)44(62-50)42-63(56,57)58)61-46(52)39-37-35-33-31-29-26-16-14-12-10-8-6-4-2/h6,8,12,14,26,29,43-44,47-50,53-55H,3-5,7,9-11,13,15-25,27-28,30-42H2,1-2H3,(H,56,57,58)/b8-6-,14-12-,29-26-. The molecule has 12 nitrogen and oxygen atoms in total. The van der Waals surface area contributed by atoms with Gasteiger partial charge in [0.05, 0.1) is 6.61 Å². The van der Waals surface area contributed by atoms with Crippen LogP contribution in [0.15, 0.2) is 36.5 Å². The molecule has 0 spiro atoms. The first-order valence-electron chi connectivity index (χ1n) is 25.0. The van der Waals surface area contributed by atoms with E-state index in [9.17, 15) is 37.9 Å². The van der Waals surface area contributed by atoms with Gasteiger partial charge in [0.1, 0.15) is 36.8 Å². The molecule has 1 heterocycles. The molecule has 1 saturated heterocycles. The highest BCUT2D eigenvalue weighted by Crippen LogP contribution is 2.24. The molecular formula is C50H90O12S. The summed E-state index contributed by atoms with van der Waals surface area (Å²) in [5.74, 6) is -2.01. The number of aliphatic hydroxyl groups excluding tert-OH is 3. The average Bonchev–Trinajstić information content (AvgIpc) is 3.25. The van der Waals surface area contributed by atoms with E-state index < -0.39 is 71.2 Å². The quantitative estimate of drug-likeness (QED) is 0.0197. The van der Waals surface area contributed by atoms with Crippen LogP contribution in [0.2, 0.25) is 0 Å². The Morgan fingerprint density at radius 3 is 1.49 bits per heavy atom.